The lowest BCUT2D eigenvalue weighted by atomic mass is 10.0. The molecule has 100 valence electrons. The minimum Gasteiger partial charge on any atom is -0.326 e. The Kier molecular flexibility index (Phi) is 4.70. The Balaban J connectivity index is 2.27. The SMILES string of the molecule is CC(C)CN1CCC(N)C1c1ccc(Cl)cc1Br. The maximum Gasteiger partial charge on any atom is 0.0510 e. The van der Waals surface area contributed by atoms with Gasteiger partial charge in [0.25, 0.3) is 0 Å². The average Bonchev–Trinajstić information content (AvgIpc) is 2.60. The molecule has 0 spiro atoms. The lowest BCUT2D eigenvalue weighted by Gasteiger charge is -2.29. The molecule has 0 aromatic heterocycles. The second kappa shape index (κ2) is 5.91. The molecule has 1 aromatic carbocycles. The van der Waals surface area contributed by atoms with Crippen LogP contribution in [0.1, 0.15) is 31.9 Å². The van der Waals surface area contributed by atoms with Gasteiger partial charge in [0.2, 0.25) is 0 Å². The second-order valence-corrected chi connectivity index (χ2v) is 6.74. The fraction of sp³-hybridized carbons (Fsp3) is 0.571. The van der Waals surface area contributed by atoms with E-state index >= 15 is 0 Å². The molecule has 2 rings (SSSR count). The summed E-state index contributed by atoms with van der Waals surface area (Å²) in [4.78, 5) is 2.49. The molecule has 18 heavy (non-hydrogen) atoms. The molecule has 0 saturated carbocycles. The zero-order valence-electron chi connectivity index (χ0n) is 10.9. The Morgan fingerprint density at radius 2 is 2.22 bits per heavy atom. The van der Waals surface area contributed by atoms with Gasteiger partial charge in [0.15, 0.2) is 0 Å². The molecule has 1 heterocycles. The summed E-state index contributed by atoms with van der Waals surface area (Å²) >= 11 is 9.62. The largest absolute Gasteiger partial charge is 0.326 e. The Labute approximate surface area is 123 Å². The normalized spacial score (nSPS) is 25.0. The lowest BCUT2D eigenvalue weighted by molar-refractivity contribution is 0.220. The molecule has 0 bridgehead atoms. The summed E-state index contributed by atoms with van der Waals surface area (Å²) < 4.78 is 1.06. The minimum absolute atomic E-state index is 0.209. The highest BCUT2D eigenvalue weighted by molar-refractivity contribution is 9.10. The van der Waals surface area contributed by atoms with Gasteiger partial charge >= 0.3 is 0 Å². The van der Waals surface area contributed by atoms with Crippen molar-refractivity contribution in [2.24, 2.45) is 11.7 Å². The van der Waals surface area contributed by atoms with Crippen LogP contribution < -0.4 is 5.73 Å². The number of nitrogens with zero attached hydrogens (tertiary/aromatic N) is 1. The first kappa shape index (κ1) is 14.3. The van der Waals surface area contributed by atoms with Gasteiger partial charge in [0.1, 0.15) is 0 Å². The highest BCUT2D eigenvalue weighted by Crippen LogP contribution is 2.36. The van der Waals surface area contributed by atoms with E-state index in [2.05, 4.69) is 40.7 Å². The number of likely N-dealkylation sites (tertiary alicyclic amines) is 1. The molecule has 2 atom stereocenters. The Hall–Kier alpha value is -0.0900. The standard InChI is InChI=1S/C14H20BrClN2/c1-9(2)8-18-6-5-13(17)14(18)11-4-3-10(16)7-12(11)15/h3-4,7,9,13-14H,5-6,8,17H2,1-2H3. The van der Waals surface area contributed by atoms with E-state index in [0.29, 0.717) is 12.0 Å². The summed E-state index contributed by atoms with van der Waals surface area (Å²) in [5.41, 5.74) is 7.54. The van der Waals surface area contributed by atoms with E-state index in [1.54, 1.807) is 0 Å². The van der Waals surface area contributed by atoms with Crippen LogP contribution in [0.15, 0.2) is 22.7 Å². The summed E-state index contributed by atoms with van der Waals surface area (Å²) in [7, 11) is 0. The highest BCUT2D eigenvalue weighted by Gasteiger charge is 2.34. The second-order valence-electron chi connectivity index (χ2n) is 5.45. The van der Waals surface area contributed by atoms with Gasteiger partial charge in [-0.3, -0.25) is 4.90 Å². The van der Waals surface area contributed by atoms with Gasteiger partial charge in [-0.05, 0) is 30.0 Å². The molecule has 0 aliphatic carbocycles. The van der Waals surface area contributed by atoms with Crippen LogP contribution in [0.3, 0.4) is 0 Å². The van der Waals surface area contributed by atoms with Gasteiger partial charge in [-0.1, -0.05) is 47.4 Å². The molecule has 0 amide bonds. The topological polar surface area (TPSA) is 29.3 Å². The quantitative estimate of drug-likeness (QED) is 0.912. The molecular weight excluding hydrogens is 312 g/mol. The van der Waals surface area contributed by atoms with Crippen LogP contribution in [-0.2, 0) is 0 Å². The third-order valence-corrected chi connectivity index (χ3v) is 4.35. The first-order valence-corrected chi connectivity index (χ1v) is 7.60. The van der Waals surface area contributed by atoms with E-state index in [0.717, 1.165) is 29.0 Å². The first-order chi connectivity index (χ1) is 8.49. The van der Waals surface area contributed by atoms with Crippen LogP contribution in [0, 0.1) is 5.92 Å². The van der Waals surface area contributed by atoms with Crippen LogP contribution in [0.2, 0.25) is 5.02 Å². The van der Waals surface area contributed by atoms with Crippen molar-refractivity contribution in [2.45, 2.75) is 32.4 Å². The summed E-state index contributed by atoms with van der Waals surface area (Å²) in [6.45, 7) is 6.67. The van der Waals surface area contributed by atoms with Crippen LogP contribution in [0.25, 0.3) is 0 Å². The highest BCUT2D eigenvalue weighted by atomic mass is 79.9. The number of hydrogen-bond acceptors (Lipinski definition) is 2. The minimum atomic E-state index is 0.209. The monoisotopic (exact) mass is 330 g/mol. The molecule has 1 fully saturated rings. The Bertz CT molecular complexity index is 422. The van der Waals surface area contributed by atoms with Crippen LogP contribution in [0.4, 0.5) is 0 Å². The molecule has 2 nitrogen and oxygen atoms in total. The maximum atomic E-state index is 6.29. The van der Waals surface area contributed by atoms with E-state index in [-0.39, 0.29) is 6.04 Å². The molecule has 1 aliphatic heterocycles. The summed E-state index contributed by atoms with van der Waals surface area (Å²) in [6, 6.07) is 6.51. The van der Waals surface area contributed by atoms with Crippen molar-refractivity contribution in [3.8, 4) is 0 Å². The third kappa shape index (κ3) is 3.08. The lowest BCUT2D eigenvalue weighted by Crippen LogP contribution is -2.34. The van der Waals surface area contributed by atoms with Gasteiger partial charge in [0, 0.05) is 28.6 Å². The van der Waals surface area contributed by atoms with E-state index in [9.17, 15) is 0 Å². The summed E-state index contributed by atoms with van der Waals surface area (Å²) in [5.74, 6) is 0.656. The maximum absolute atomic E-state index is 6.29. The van der Waals surface area contributed by atoms with Crippen molar-refractivity contribution < 1.29 is 0 Å². The Morgan fingerprint density at radius 3 is 2.83 bits per heavy atom. The smallest absolute Gasteiger partial charge is 0.0510 e. The molecular formula is C14H20BrClN2. The van der Waals surface area contributed by atoms with Gasteiger partial charge in [0.05, 0.1) is 6.04 Å². The molecule has 4 heteroatoms. The molecule has 2 unspecified atom stereocenters. The number of nitrogens with two attached hydrogens (primary N) is 1. The molecule has 1 aliphatic rings. The zero-order chi connectivity index (χ0) is 13.3. The average molecular weight is 332 g/mol. The van der Waals surface area contributed by atoms with Gasteiger partial charge in [-0.25, -0.2) is 0 Å². The predicted octanol–water partition coefficient (Wildman–Crippen LogP) is 3.83. The molecule has 1 saturated heterocycles. The van der Waals surface area contributed by atoms with Crippen LogP contribution in [0.5, 0.6) is 0 Å². The number of rotatable bonds is 3. The van der Waals surface area contributed by atoms with Gasteiger partial charge < -0.3 is 5.73 Å². The van der Waals surface area contributed by atoms with Crippen LogP contribution in [-0.4, -0.2) is 24.0 Å². The fourth-order valence-electron chi connectivity index (χ4n) is 2.73. The molecule has 0 radical (unpaired) electrons. The number of benzene rings is 1. The first-order valence-electron chi connectivity index (χ1n) is 6.43. The van der Waals surface area contributed by atoms with E-state index in [1.165, 1.54) is 5.56 Å². The van der Waals surface area contributed by atoms with Crippen molar-refractivity contribution in [1.82, 2.24) is 4.90 Å². The number of halogens is 2. The Morgan fingerprint density at radius 1 is 1.50 bits per heavy atom. The van der Waals surface area contributed by atoms with E-state index in [4.69, 9.17) is 17.3 Å². The van der Waals surface area contributed by atoms with Crippen molar-refractivity contribution in [3.05, 3.63) is 33.3 Å². The third-order valence-electron chi connectivity index (χ3n) is 3.43. The van der Waals surface area contributed by atoms with Crippen molar-refractivity contribution in [1.29, 1.82) is 0 Å². The fourth-order valence-corrected chi connectivity index (χ4v) is 3.64. The van der Waals surface area contributed by atoms with Crippen molar-refractivity contribution in [2.75, 3.05) is 13.1 Å². The molecule has 2 N–H and O–H groups in total. The van der Waals surface area contributed by atoms with Crippen molar-refractivity contribution >= 4 is 27.5 Å². The van der Waals surface area contributed by atoms with Gasteiger partial charge in [-0.15, -0.1) is 0 Å². The predicted molar refractivity (Wildman–Crippen MR) is 80.9 cm³/mol. The van der Waals surface area contributed by atoms with E-state index in [1.807, 2.05) is 12.1 Å². The summed E-state index contributed by atoms with van der Waals surface area (Å²) in [6.07, 6.45) is 1.06. The van der Waals surface area contributed by atoms with Crippen LogP contribution >= 0.6 is 27.5 Å². The zero-order valence-corrected chi connectivity index (χ0v) is 13.2. The molecule has 1 aromatic rings. The van der Waals surface area contributed by atoms with E-state index < -0.39 is 0 Å². The van der Waals surface area contributed by atoms with Gasteiger partial charge in [-0.2, -0.15) is 0 Å². The summed E-state index contributed by atoms with van der Waals surface area (Å²) in [5, 5.41) is 0.757. The van der Waals surface area contributed by atoms with Crippen molar-refractivity contribution in [3.63, 3.8) is 0 Å². The number of hydrogen-bond donors (Lipinski definition) is 1.